The van der Waals surface area contributed by atoms with E-state index < -0.39 is 0 Å². The molecule has 3 rings (SSSR count). The summed E-state index contributed by atoms with van der Waals surface area (Å²) in [6.45, 7) is 4.37. The summed E-state index contributed by atoms with van der Waals surface area (Å²) in [5.41, 5.74) is 0.169. The Morgan fingerprint density at radius 2 is 2.17 bits per heavy atom. The van der Waals surface area contributed by atoms with Crippen molar-refractivity contribution in [1.29, 1.82) is 0 Å². The molecule has 1 saturated heterocycles. The number of nitrogens with one attached hydrogen (secondary N) is 1. The van der Waals surface area contributed by atoms with E-state index in [4.69, 9.17) is 0 Å². The minimum Gasteiger partial charge on any atom is -0.317 e. The van der Waals surface area contributed by atoms with E-state index in [1.165, 1.54) is 12.8 Å². The first-order chi connectivity index (χ1) is 8.86. The van der Waals surface area contributed by atoms with Crippen LogP contribution in [-0.2, 0) is 5.41 Å². The maximum Gasteiger partial charge on any atom is 0.254 e. The van der Waals surface area contributed by atoms with Crippen LogP contribution < -0.4 is 5.32 Å². The minimum absolute atomic E-state index is 0.169. The normalized spacial score (nSPS) is 19.2. The van der Waals surface area contributed by atoms with Gasteiger partial charge in [0.2, 0.25) is 0 Å². The number of aromatic nitrogens is 4. The molecule has 0 spiro atoms. The summed E-state index contributed by atoms with van der Waals surface area (Å²) in [6, 6.07) is 1.95. The van der Waals surface area contributed by atoms with Gasteiger partial charge in [0.05, 0.1) is 0 Å². The lowest BCUT2D eigenvalue weighted by molar-refractivity contribution is 0.268. The molecule has 96 valence electrons. The molecule has 0 saturated carbocycles. The Balaban J connectivity index is 2.08. The number of nitrogens with zero attached hydrogens (tertiary/aromatic N) is 4. The van der Waals surface area contributed by atoms with E-state index >= 15 is 0 Å². The van der Waals surface area contributed by atoms with E-state index in [2.05, 4.69) is 31.8 Å². The summed E-state index contributed by atoms with van der Waals surface area (Å²) in [5, 5.41) is 12.1. The lowest BCUT2D eigenvalue weighted by Gasteiger charge is -2.36. The van der Waals surface area contributed by atoms with Gasteiger partial charge in [0.25, 0.3) is 5.78 Å². The minimum atomic E-state index is 0.169. The summed E-state index contributed by atoms with van der Waals surface area (Å²) >= 11 is 0. The van der Waals surface area contributed by atoms with E-state index in [9.17, 15) is 0 Å². The SMILES string of the molecule is CCCC1(c2nnc3ncccn23)CCNCC1. The van der Waals surface area contributed by atoms with Crippen LogP contribution >= 0.6 is 0 Å². The molecule has 0 aliphatic carbocycles. The first-order valence-corrected chi connectivity index (χ1v) is 6.73. The first-order valence-electron chi connectivity index (χ1n) is 6.73. The number of rotatable bonds is 3. The Hall–Kier alpha value is -1.49. The van der Waals surface area contributed by atoms with Gasteiger partial charge in [-0.15, -0.1) is 10.2 Å². The molecule has 0 radical (unpaired) electrons. The van der Waals surface area contributed by atoms with Crippen LogP contribution in [0.3, 0.4) is 0 Å². The van der Waals surface area contributed by atoms with Gasteiger partial charge < -0.3 is 5.32 Å². The third-order valence-electron chi connectivity index (χ3n) is 3.95. The van der Waals surface area contributed by atoms with Gasteiger partial charge in [-0.2, -0.15) is 0 Å². The second-order valence-corrected chi connectivity index (χ2v) is 5.09. The van der Waals surface area contributed by atoms with Gasteiger partial charge in [-0.3, -0.25) is 4.40 Å². The average molecular weight is 245 g/mol. The zero-order chi connectivity index (χ0) is 12.4. The Bertz CT molecular complexity index is 521. The van der Waals surface area contributed by atoms with Gasteiger partial charge in [0.15, 0.2) is 0 Å². The average Bonchev–Trinajstić information content (AvgIpc) is 2.84. The van der Waals surface area contributed by atoms with Crippen molar-refractivity contribution in [3.63, 3.8) is 0 Å². The highest BCUT2D eigenvalue weighted by atomic mass is 15.3. The second-order valence-electron chi connectivity index (χ2n) is 5.09. The molecule has 18 heavy (non-hydrogen) atoms. The highest BCUT2D eigenvalue weighted by molar-refractivity contribution is 5.29. The summed E-state index contributed by atoms with van der Waals surface area (Å²) in [4.78, 5) is 4.26. The Morgan fingerprint density at radius 3 is 2.94 bits per heavy atom. The first kappa shape index (κ1) is 11.6. The van der Waals surface area contributed by atoms with Crippen molar-refractivity contribution < 1.29 is 0 Å². The van der Waals surface area contributed by atoms with E-state index in [1.807, 2.05) is 12.3 Å². The van der Waals surface area contributed by atoms with E-state index in [0.29, 0.717) is 5.78 Å². The number of piperidine rings is 1. The molecule has 0 unspecified atom stereocenters. The molecular weight excluding hydrogens is 226 g/mol. The number of fused-ring (bicyclic) bond motifs is 1. The van der Waals surface area contributed by atoms with Gasteiger partial charge in [-0.1, -0.05) is 13.3 Å². The smallest absolute Gasteiger partial charge is 0.254 e. The zero-order valence-corrected chi connectivity index (χ0v) is 10.8. The maximum absolute atomic E-state index is 4.43. The standard InChI is InChI=1S/C13H19N5/c1-2-4-13(5-8-14-9-6-13)11-16-17-12-15-7-3-10-18(11)12/h3,7,10,14H,2,4-6,8-9H2,1H3. The fraction of sp³-hybridized carbons (Fsp3) is 0.615. The lowest BCUT2D eigenvalue weighted by atomic mass is 9.74. The van der Waals surface area contributed by atoms with E-state index in [0.717, 1.165) is 31.8 Å². The molecule has 0 aromatic carbocycles. The molecule has 0 atom stereocenters. The predicted octanol–water partition coefficient (Wildman–Crippen LogP) is 1.55. The quantitative estimate of drug-likeness (QED) is 0.891. The molecule has 2 aromatic heterocycles. The van der Waals surface area contributed by atoms with Crippen LogP contribution in [0.2, 0.25) is 0 Å². The van der Waals surface area contributed by atoms with Crippen molar-refractivity contribution in [2.45, 2.75) is 38.0 Å². The molecule has 3 heterocycles. The third kappa shape index (κ3) is 1.79. The van der Waals surface area contributed by atoms with E-state index in [1.54, 1.807) is 6.20 Å². The van der Waals surface area contributed by atoms with Crippen LogP contribution in [0.15, 0.2) is 18.5 Å². The van der Waals surface area contributed by atoms with Crippen LogP contribution in [-0.4, -0.2) is 32.7 Å². The molecule has 1 aliphatic rings. The summed E-state index contributed by atoms with van der Waals surface area (Å²) in [6.07, 6.45) is 8.41. The molecule has 5 nitrogen and oxygen atoms in total. The number of hydrogen-bond donors (Lipinski definition) is 1. The summed E-state index contributed by atoms with van der Waals surface area (Å²) in [5.74, 6) is 1.80. The fourth-order valence-electron chi connectivity index (χ4n) is 3.07. The third-order valence-corrected chi connectivity index (χ3v) is 3.95. The molecule has 5 heteroatoms. The van der Waals surface area contributed by atoms with Crippen LogP contribution in [0.4, 0.5) is 0 Å². The van der Waals surface area contributed by atoms with Gasteiger partial charge in [-0.25, -0.2) is 4.98 Å². The van der Waals surface area contributed by atoms with Gasteiger partial charge in [0.1, 0.15) is 5.82 Å². The van der Waals surface area contributed by atoms with Crippen LogP contribution in [0, 0.1) is 0 Å². The van der Waals surface area contributed by atoms with Crippen molar-refractivity contribution in [2.24, 2.45) is 0 Å². The molecular formula is C13H19N5. The van der Waals surface area contributed by atoms with Crippen molar-refractivity contribution in [3.05, 3.63) is 24.3 Å². The largest absolute Gasteiger partial charge is 0.317 e. The predicted molar refractivity (Wildman–Crippen MR) is 69.5 cm³/mol. The molecule has 0 bridgehead atoms. The molecule has 1 fully saturated rings. The Kier molecular flexibility index (Phi) is 2.99. The molecule has 1 N–H and O–H groups in total. The van der Waals surface area contributed by atoms with E-state index in [-0.39, 0.29) is 5.41 Å². The number of hydrogen-bond acceptors (Lipinski definition) is 4. The zero-order valence-electron chi connectivity index (χ0n) is 10.8. The van der Waals surface area contributed by atoms with Gasteiger partial charge >= 0.3 is 0 Å². The van der Waals surface area contributed by atoms with Crippen molar-refractivity contribution in [1.82, 2.24) is 24.9 Å². The van der Waals surface area contributed by atoms with Crippen LogP contribution in [0.5, 0.6) is 0 Å². The summed E-state index contributed by atoms with van der Waals surface area (Å²) in [7, 11) is 0. The van der Waals surface area contributed by atoms with Crippen molar-refractivity contribution >= 4 is 5.78 Å². The second kappa shape index (κ2) is 4.65. The maximum atomic E-state index is 4.43. The molecule has 0 amide bonds. The van der Waals surface area contributed by atoms with Gasteiger partial charge in [0, 0.05) is 17.8 Å². The lowest BCUT2D eigenvalue weighted by Crippen LogP contribution is -2.41. The van der Waals surface area contributed by atoms with Crippen LogP contribution in [0.25, 0.3) is 5.78 Å². The Labute approximate surface area is 107 Å². The van der Waals surface area contributed by atoms with Crippen LogP contribution in [0.1, 0.15) is 38.4 Å². The monoisotopic (exact) mass is 245 g/mol. The van der Waals surface area contributed by atoms with Crippen molar-refractivity contribution in [2.75, 3.05) is 13.1 Å². The van der Waals surface area contributed by atoms with Gasteiger partial charge in [-0.05, 0) is 38.4 Å². The molecule has 2 aromatic rings. The van der Waals surface area contributed by atoms with Crippen molar-refractivity contribution in [3.8, 4) is 0 Å². The highest BCUT2D eigenvalue weighted by Crippen LogP contribution is 2.36. The highest BCUT2D eigenvalue weighted by Gasteiger charge is 2.37. The fourth-order valence-corrected chi connectivity index (χ4v) is 3.07. The molecule has 1 aliphatic heterocycles. The topological polar surface area (TPSA) is 55.1 Å². The summed E-state index contributed by atoms with van der Waals surface area (Å²) < 4.78 is 2.06. The Morgan fingerprint density at radius 1 is 1.33 bits per heavy atom.